The minimum Gasteiger partial charge on any atom is -0.481 e. The largest absolute Gasteiger partial charge is 0.481 e. The van der Waals surface area contributed by atoms with Gasteiger partial charge in [0.2, 0.25) is 5.88 Å². The Morgan fingerprint density at radius 1 is 1.44 bits per heavy atom. The zero-order chi connectivity index (χ0) is 12.2. The lowest BCUT2D eigenvalue weighted by atomic mass is 9.88. The predicted octanol–water partition coefficient (Wildman–Crippen LogP) is 2.95. The number of rotatable bonds is 4. The molecule has 1 rings (SSSR count). The number of aromatic nitrogens is 1. The Kier molecular flexibility index (Phi) is 4.30. The normalized spacial score (nSPS) is 13.6. The number of hydrogen-bond donors (Lipinski definition) is 1. The summed E-state index contributed by atoms with van der Waals surface area (Å²) < 4.78 is 5.13. The summed E-state index contributed by atoms with van der Waals surface area (Å²) in [6.45, 7) is 6.50. The van der Waals surface area contributed by atoms with Crippen molar-refractivity contribution in [2.75, 3.05) is 7.11 Å². The predicted molar refractivity (Wildman–Crippen MR) is 64.4 cm³/mol. The molecule has 0 unspecified atom stereocenters. The summed E-state index contributed by atoms with van der Waals surface area (Å²) in [5, 5.41) is 10.1. The van der Waals surface area contributed by atoms with Crippen LogP contribution in [0.4, 0.5) is 0 Å². The smallest absolute Gasteiger partial charge is 0.218 e. The van der Waals surface area contributed by atoms with Crippen LogP contribution in [0.1, 0.15) is 45.3 Å². The lowest BCUT2D eigenvalue weighted by molar-refractivity contribution is 0.143. The summed E-state index contributed by atoms with van der Waals surface area (Å²) in [7, 11) is 1.57. The van der Waals surface area contributed by atoms with Crippen LogP contribution >= 0.6 is 0 Å². The molecule has 0 aliphatic carbocycles. The van der Waals surface area contributed by atoms with Crippen LogP contribution in [0.3, 0.4) is 0 Å². The maximum Gasteiger partial charge on any atom is 0.218 e. The fourth-order valence-electron chi connectivity index (χ4n) is 1.55. The molecular formula is C13H21NO2. The second-order valence-electron chi connectivity index (χ2n) is 5.22. The number of methoxy groups -OCH3 is 1. The van der Waals surface area contributed by atoms with Gasteiger partial charge in [0.15, 0.2) is 0 Å². The van der Waals surface area contributed by atoms with Gasteiger partial charge < -0.3 is 9.84 Å². The summed E-state index contributed by atoms with van der Waals surface area (Å²) >= 11 is 0. The molecule has 3 nitrogen and oxygen atoms in total. The van der Waals surface area contributed by atoms with Crippen molar-refractivity contribution in [1.29, 1.82) is 0 Å². The average molecular weight is 223 g/mol. The van der Waals surface area contributed by atoms with Crippen molar-refractivity contribution in [3.8, 4) is 5.88 Å². The first-order valence-electron chi connectivity index (χ1n) is 5.61. The Hall–Kier alpha value is -1.09. The van der Waals surface area contributed by atoms with Gasteiger partial charge >= 0.3 is 0 Å². The number of aliphatic hydroxyl groups is 1. The van der Waals surface area contributed by atoms with Gasteiger partial charge in [0.05, 0.1) is 13.2 Å². The molecule has 0 saturated carbocycles. The summed E-state index contributed by atoms with van der Waals surface area (Å²) in [4.78, 5) is 4.08. The zero-order valence-electron chi connectivity index (χ0n) is 10.5. The fraction of sp³-hybridized carbons (Fsp3) is 0.615. The minimum absolute atomic E-state index is 0.233. The van der Waals surface area contributed by atoms with Crippen LogP contribution in [0.5, 0.6) is 5.88 Å². The molecule has 1 heterocycles. The van der Waals surface area contributed by atoms with Gasteiger partial charge in [-0.1, -0.05) is 20.8 Å². The lowest BCUT2D eigenvalue weighted by Crippen LogP contribution is -2.09. The molecule has 0 saturated heterocycles. The van der Waals surface area contributed by atoms with E-state index >= 15 is 0 Å². The van der Waals surface area contributed by atoms with E-state index in [1.807, 2.05) is 12.1 Å². The van der Waals surface area contributed by atoms with Crippen LogP contribution in [0.2, 0.25) is 0 Å². The van der Waals surface area contributed by atoms with Crippen LogP contribution in [0.25, 0.3) is 0 Å². The second kappa shape index (κ2) is 5.30. The van der Waals surface area contributed by atoms with Gasteiger partial charge in [0, 0.05) is 11.8 Å². The second-order valence-corrected chi connectivity index (χ2v) is 5.22. The highest BCUT2D eigenvalue weighted by atomic mass is 16.5. The third-order valence-electron chi connectivity index (χ3n) is 2.52. The van der Waals surface area contributed by atoms with Crippen LogP contribution in [0.15, 0.2) is 18.3 Å². The van der Waals surface area contributed by atoms with E-state index in [1.165, 1.54) is 0 Å². The summed E-state index contributed by atoms with van der Waals surface area (Å²) in [6, 6.07) is 3.68. The van der Waals surface area contributed by atoms with E-state index in [9.17, 15) is 5.11 Å². The quantitative estimate of drug-likeness (QED) is 0.853. The van der Waals surface area contributed by atoms with Crippen molar-refractivity contribution < 1.29 is 9.84 Å². The van der Waals surface area contributed by atoms with Crippen molar-refractivity contribution in [2.45, 2.75) is 39.7 Å². The lowest BCUT2D eigenvalue weighted by Gasteiger charge is -2.21. The van der Waals surface area contributed by atoms with Gasteiger partial charge in [-0.25, -0.2) is 4.98 Å². The Balaban J connectivity index is 2.69. The van der Waals surface area contributed by atoms with Gasteiger partial charge in [-0.15, -0.1) is 0 Å². The Morgan fingerprint density at radius 3 is 2.69 bits per heavy atom. The molecule has 0 radical (unpaired) electrons. The average Bonchev–Trinajstić information content (AvgIpc) is 2.25. The molecule has 0 bridgehead atoms. The van der Waals surface area contributed by atoms with Crippen molar-refractivity contribution in [1.82, 2.24) is 4.98 Å². The van der Waals surface area contributed by atoms with Crippen molar-refractivity contribution in [2.24, 2.45) is 5.41 Å². The van der Waals surface area contributed by atoms with Crippen molar-refractivity contribution >= 4 is 0 Å². The first kappa shape index (κ1) is 13.0. The maximum absolute atomic E-state index is 10.1. The van der Waals surface area contributed by atoms with E-state index in [4.69, 9.17) is 4.74 Å². The van der Waals surface area contributed by atoms with Gasteiger partial charge in [0.1, 0.15) is 0 Å². The maximum atomic E-state index is 10.1. The zero-order valence-corrected chi connectivity index (χ0v) is 10.5. The molecule has 0 amide bonds. The summed E-state index contributed by atoms with van der Waals surface area (Å²) in [5.74, 6) is 0.518. The monoisotopic (exact) mass is 223 g/mol. The first-order chi connectivity index (χ1) is 7.44. The number of aliphatic hydroxyl groups excluding tert-OH is 1. The van der Waals surface area contributed by atoms with E-state index in [0.717, 1.165) is 18.4 Å². The highest BCUT2D eigenvalue weighted by Crippen LogP contribution is 2.30. The molecule has 0 spiro atoms. The molecule has 90 valence electrons. The molecule has 1 N–H and O–H groups in total. The minimum atomic E-state index is -0.497. The number of hydrogen-bond acceptors (Lipinski definition) is 3. The van der Waals surface area contributed by atoms with Crippen LogP contribution in [0, 0.1) is 5.41 Å². The van der Waals surface area contributed by atoms with Gasteiger partial charge in [0.25, 0.3) is 0 Å². The van der Waals surface area contributed by atoms with Crippen molar-refractivity contribution in [3.05, 3.63) is 23.9 Å². The topological polar surface area (TPSA) is 42.4 Å². The molecule has 16 heavy (non-hydrogen) atoms. The molecule has 0 fully saturated rings. The SMILES string of the molecule is COc1ncccc1[C@@H](O)CCC(C)(C)C. The van der Waals surface area contributed by atoms with Crippen molar-refractivity contribution in [3.63, 3.8) is 0 Å². The molecule has 0 aliphatic heterocycles. The molecule has 3 heteroatoms. The number of ether oxygens (including phenoxy) is 1. The van der Waals surface area contributed by atoms with Gasteiger partial charge in [-0.3, -0.25) is 0 Å². The summed E-state index contributed by atoms with van der Waals surface area (Å²) in [5.41, 5.74) is 1.01. The Labute approximate surface area is 97.5 Å². The highest BCUT2D eigenvalue weighted by Gasteiger charge is 2.17. The van der Waals surface area contributed by atoms with Gasteiger partial charge in [-0.2, -0.15) is 0 Å². The van der Waals surface area contributed by atoms with E-state index in [1.54, 1.807) is 13.3 Å². The molecule has 0 aliphatic rings. The molecule has 1 aromatic heterocycles. The van der Waals surface area contributed by atoms with Gasteiger partial charge in [-0.05, 0) is 30.4 Å². The molecule has 0 aromatic carbocycles. The van der Waals surface area contributed by atoms with Crippen LogP contribution < -0.4 is 4.74 Å². The third kappa shape index (κ3) is 3.81. The Morgan fingerprint density at radius 2 is 2.12 bits per heavy atom. The van der Waals surface area contributed by atoms with Crippen LogP contribution in [-0.2, 0) is 0 Å². The van der Waals surface area contributed by atoms with E-state index < -0.39 is 6.10 Å². The molecule has 1 atom stereocenters. The standard InChI is InChI=1S/C13H21NO2/c1-13(2,3)8-7-11(15)10-6-5-9-14-12(10)16-4/h5-6,9,11,15H,7-8H2,1-4H3/t11-/m0/s1. The van der Waals surface area contributed by atoms with E-state index in [0.29, 0.717) is 5.88 Å². The number of nitrogens with zero attached hydrogens (tertiary/aromatic N) is 1. The highest BCUT2D eigenvalue weighted by molar-refractivity contribution is 5.27. The molecule has 1 aromatic rings. The fourth-order valence-corrected chi connectivity index (χ4v) is 1.55. The Bertz CT molecular complexity index is 331. The number of pyridine rings is 1. The molecular weight excluding hydrogens is 202 g/mol. The first-order valence-corrected chi connectivity index (χ1v) is 5.61. The van der Waals surface area contributed by atoms with E-state index in [-0.39, 0.29) is 5.41 Å². The summed E-state index contributed by atoms with van der Waals surface area (Å²) in [6.07, 6.45) is 2.86. The van der Waals surface area contributed by atoms with E-state index in [2.05, 4.69) is 25.8 Å². The third-order valence-corrected chi connectivity index (χ3v) is 2.52. The van der Waals surface area contributed by atoms with Crippen LogP contribution in [-0.4, -0.2) is 17.2 Å².